The van der Waals surface area contributed by atoms with E-state index < -0.39 is 11.4 Å². The molecule has 0 aromatic heterocycles. The number of amides is 1. The SMILES string of the molecule is CC1(C(=O)O)CCCN(CC(=O)Nc2ccc(F)cc2)C1. The summed E-state index contributed by atoms with van der Waals surface area (Å²) in [5.41, 5.74) is -0.270. The smallest absolute Gasteiger partial charge is 0.310 e. The van der Waals surface area contributed by atoms with Gasteiger partial charge in [0, 0.05) is 12.2 Å². The third kappa shape index (κ3) is 4.01. The van der Waals surface area contributed by atoms with E-state index in [1.54, 1.807) is 6.92 Å². The molecule has 2 N–H and O–H groups in total. The van der Waals surface area contributed by atoms with E-state index in [1.165, 1.54) is 24.3 Å². The van der Waals surface area contributed by atoms with Gasteiger partial charge in [0.05, 0.1) is 12.0 Å². The van der Waals surface area contributed by atoms with E-state index in [0.717, 1.165) is 6.42 Å². The van der Waals surface area contributed by atoms with Gasteiger partial charge in [0.25, 0.3) is 0 Å². The number of carboxylic acid groups (broad SMARTS) is 1. The molecule has 1 aromatic carbocycles. The van der Waals surface area contributed by atoms with E-state index in [0.29, 0.717) is 25.2 Å². The maximum Gasteiger partial charge on any atom is 0.310 e. The molecule has 2 rings (SSSR count). The van der Waals surface area contributed by atoms with E-state index in [4.69, 9.17) is 0 Å². The number of benzene rings is 1. The standard InChI is InChI=1S/C15H19FN2O3/c1-15(14(20)21)7-2-8-18(10-15)9-13(19)17-12-5-3-11(16)4-6-12/h3-6H,2,7-10H2,1H3,(H,17,19)(H,20,21). The second-order valence-electron chi connectivity index (χ2n) is 5.74. The number of likely N-dealkylation sites (tertiary alicyclic amines) is 1. The van der Waals surface area contributed by atoms with Crippen LogP contribution in [0.1, 0.15) is 19.8 Å². The summed E-state index contributed by atoms with van der Waals surface area (Å²) in [6.45, 7) is 2.92. The van der Waals surface area contributed by atoms with E-state index >= 15 is 0 Å². The predicted molar refractivity (Wildman–Crippen MR) is 76.4 cm³/mol. The Morgan fingerprint density at radius 3 is 2.67 bits per heavy atom. The van der Waals surface area contributed by atoms with Gasteiger partial charge < -0.3 is 10.4 Å². The van der Waals surface area contributed by atoms with Crippen LogP contribution >= 0.6 is 0 Å². The molecular weight excluding hydrogens is 275 g/mol. The van der Waals surface area contributed by atoms with E-state index in [9.17, 15) is 19.1 Å². The van der Waals surface area contributed by atoms with Crippen LogP contribution in [0.15, 0.2) is 24.3 Å². The third-order valence-corrected chi connectivity index (χ3v) is 3.79. The number of nitrogens with zero attached hydrogens (tertiary/aromatic N) is 1. The van der Waals surface area contributed by atoms with Crippen molar-refractivity contribution in [1.29, 1.82) is 0 Å². The van der Waals surface area contributed by atoms with Crippen LogP contribution in [0.2, 0.25) is 0 Å². The minimum atomic E-state index is -0.828. The summed E-state index contributed by atoms with van der Waals surface area (Å²) in [5.74, 6) is -1.41. The maximum absolute atomic E-state index is 12.8. The van der Waals surface area contributed by atoms with Crippen molar-refractivity contribution in [3.05, 3.63) is 30.1 Å². The van der Waals surface area contributed by atoms with E-state index in [1.807, 2.05) is 4.90 Å². The van der Waals surface area contributed by atoms with Crippen molar-refractivity contribution in [1.82, 2.24) is 4.90 Å². The zero-order chi connectivity index (χ0) is 15.5. The summed E-state index contributed by atoms with van der Waals surface area (Å²) in [4.78, 5) is 25.1. The lowest BCUT2D eigenvalue weighted by molar-refractivity contribution is -0.151. The molecule has 5 nitrogen and oxygen atoms in total. The lowest BCUT2D eigenvalue weighted by Crippen LogP contribution is -2.48. The van der Waals surface area contributed by atoms with Gasteiger partial charge in [-0.3, -0.25) is 14.5 Å². The van der Waals surface area contributed by atoms with Crippen molar-refractivity contribution in [2.45, 2.75) is 19.8 Å². The monoisotopic (exact) mass is 294 g/mol. The first-order chi connectivity index (χ1) is 9.89. The molecule has 1 unspecified atom stereocenters. The van der Waals surface area contributed by atoms with Crippen LogP contribution in [0.5, 0.6) is 0 Å². The highest BCUT2D eigenvalue weighted by molar-refractivity contribution is 5.92. The molecule has 1 heterocycles. The highest BCUT2D eigenvalue weighted by Gasteiger charge is 2.38. The number of anilines is 1. The van der Waals surface area contributed by atoms with Crippen molar-refractivity contribution in [2.24, 2.45) is 5.41 Å². The van der Waals surface area contributed by atoms with Gasteiger partial charge in [-0.05, 0) is 50.6 Å². The summed E-state index contributed by atoms with van der Waals surface area (Å²) >= 11 is 0. The Bertz CT molecular complexity index is 532. The van der Waals surface area contributed by atoms with Gasteiger partial charge in [0.1, 0.15) is 5.82 Å². The Kier molecular flexibility index (Phi) is 4.57. The lowest BCUT2D eigenvalue weighted by atomic mass is 9.82. The molecular formula is C15H19FN2O3. The van der Waals surface area contributed by atoms with Gasteiger partial charge in [-0.1, -0.05) is 0 Å². The largest absolute Gasteiger partial charge is 0.481 e. The fraction of sp³-hybridized carbons (Fsp3) is 0.467. The van der Waals surface area contributed by atoms with Crippen molar-refractivity contribution < 1.29 is 19.1 Å². The van der Waals surface area contributed by atoms with Gasteiger partial charge >= 0.3 is 5.97 Å². The summed E-state index contributed by atoms with van der Waals surface area (Å²) in [6, 6.07) is 5.53. The molecule has 1 amide bonds. The van der Waals surface area contributed by atoms with Gasteiger partial charge in [-0.2, -0.15) is 0 Å². The number of carbonyl (C=O) groups is 2. The molecule has 1 atom stereocenters. The molecule has 1 aliphatic heterocycles. The van der Waals surface area contributed by atoms with Crippen LogP contribution in [-0.4, -0.2) is 41.5 Å². The minimum absolute atomic E-state index is 0.139. The van der Waals surface area contributed by atoms with Gasteiger partial charge in [-0.25, -0.2) is 4.39 Å². The highest BCUT2D eigenvalue weighted by atomic mass is 19.1. The molecule has 0 saturated carbocycles. The predicted octanol–water partition coefficient (Wildman–Crippen LogP) is 1.95. The first kappa shape index (κ1) is 15.4. The number of hydrogen-bond acceptors (Lipinski definition) is 3. The van der Waals surface area contributed by atoms with Crippen LogP contribution in [0.3, 0.4) is 0 Å². The van der Waals surface area contributed by atoms with Crippen molar-refractivity contribution in [3.8, 4) is 0 Å². The topological polar surface area (TPSA) is 69.6 Å². The van der Waals surface area contributed by atoms with E-state index in [-0.39, 0.29) is 18.3 Å². The molecule has 1 saturated heterocycles. The summed E-state index contributed by atoms with van der Waals surface area (Å²) in [6.07, 6.45) is 1.38. The number of rotatable bonds is 4. The lowest BCUT2D eigenvalue weighted by Gasteiger charge is -2.37. The molecule has 6 heteroatoms. The van der Waals surface area contributed by atoms with Crippen LogP contribution in [0.25, 0.3) is 0 Å². The molecule has 0 bridgehead atoms. The number of piperidine rings is 1. The minimum Gasteiger partial charge on any atom is -0.481 e. The summed E-state index contributed by atoms with van der Waals surface area (Å²) < 4.78 is 12.8. The fourth-order valence-electron chi connectivity index (χ4n) is 2.59. The van der Waals surface area contributed by atoms with Crippen LogP contribution in [-0.2, 0) is 9.59 Å². The van der Waals surface area contributed by atoms with Crippen LogP contribution < -0.4 is 5.32 Å². The first-order valence-corrected chi connectivity index (χ1v) is 6.90. The number of carboxylic acids is 1. The normalized spacial score (nSPS) is 22.8. The molecule has 0 aliphatic carbocycles. The molecule has 1 aromatic rings. The second kappa shape index (κ2) is 6.22. The molecule has 1 fully saturated rings. The quantitative estimate of drug-likeness (QED) is 0.890. The number of aliphatic carboxylic acids is 1. The van der Waals surface area contributed by atoms with Crippen LogP contribution in [0, 0.1) is 11.2 Å². The maximum atomic E-state index is 12.8. The molecule has 0 spiro atoms. The van der Waals surface area contributed by atoms with Crippen molar-refractivity contribution in [3.63, 3.8) is 0 Å². The average Bonchev–Trinajstić information content (AvgIpc) is 2.41. The Labute approximate surface area is 122 Å². The fourth-order valence-corrected chi connectivity index (χ4v) is 2.59. The molecule has 21 heavy (non-hydrogen) atoms. The van der Waals surface area contributed by atoms with Crippen LogP contribution in [0.4, 0.5) is 10.1 Å². The van der Waals surface area contributed by atoms with Gasteiger partial charge in [0.15, 0.2) is 0 Å². The van der Waals surface area contributed by atoms with Crippen molar-refractivity contribution >= 4 is 17.6 Å². The Morgan fingerprint density at radius 1 is 1.38 bits per heavy atom. The van der Waals surface area contributed by atoms with Gasteiger partial charge in [0.2, 0.25) is 5.91 Å². The highest BCUT2D eigenvalue weighted by Crippen LogP contribution is 2.29. The average molecular weight is 294 g/mol. The molecule has 0 radical (unpaired) electrons. The van der Waals surface area contributed by atoms with E-state index in [2.05, 4.69) is 5.32 Å². The van der Waals surface area contributed by atoms with Crippen molar-refractivity contribution in [2.75, 3.05) is 25.0 Å². The number of carbonyl (C=O) groups excluding carboxylic acids is 1. The number of nitrogens with one attached hydrogen (secondary N) is 1. The Balaban J connectivity index is 1.90. The van der Waals surface area contributed by atoms with Gasteiger partial charge in [-0.15, -0.1) is 0 Å². The zero-order valence-electron chi connectivity index (χ0n) is 11.9. The summed E-state index contributed by atoms with van der Waals surface area (Å²) in [7, 11) is 0. The summed E-state index contributed by atoms with van der Waals surface area (Å²) in [5, 5.41) is 11.9. The molecule has 114 valence electrons. The first-order valence-electron chi connectivity index (χ1n) is 6.90. The number of halogens is 1. The zero-order valence-corrected chi connectivity index (χ0v) is 11.9. The third-order valence-electron chi connectivity index (χ3n) is 3.79. The second-order valence-corrected chi connectivity index (χ2v) is 5.74. The number of hydrogen-bond donors (Lipinski definition) is 2. The Hall–Kier alpha value is -1.95. The molecule has 1 aliphatic rings. The Morgan fingerprint density at radius 2 is 2.05 bits per heavy atom.